The van der Waals surface area contributed by atoms with Gasteiger partial charge in [-0.25, -0.2) is 34.7 Å². The van der Waals surface area contributed by atoms with Gasteiger partial charge in [-0.3, -0.25) is 9.36 Å². The molecule has 2 fully saturated rings. The third-order valence-electron chi connectivity index (χ3n) is 12.0. The third kappa shape index (κ3) is 8.41. The molecule has 2 aliphatic rings. The van der Waals surface area contributed by atoms with Crippen LogP contribution < -0.4 is 0 Å². The molecule has 0 bridgehead atoms. The minimum absolute atomic E-state index is 0.236. The molecule has 10 rings (SSSR count). The van der Waals surface area contributed by atoms with E-state index in [0.717, 1.165) is 57.9 Å². The zero-order valence-corrected chi connectivity index (χ0v) is 36.6. The second-order valence-electron chi connectivity index (χ2n) is 16.5. The average Bonchev–Trinajstić information content (AvgIpc) is 4.10. The van der Waals surface area contributed by atoms with Crippen molar-refractivity contribution < 1.29 is 16.8 Å². The van der Waals surface area contributed by atoms with Crippen molar-refractivity contribution in [2.75, 3.05) is 0 Å². The highest BCUT2D eigenvalue weighted by atomic mass is 32.2. The molecule has 2 saturated carbocycles. The van der Waals surface area contributed by atoms with E-state index in [9.17, 15) is 16.8 Å². The maximum atomic E-state index is 13.4. The summed E-state index contributed by atoms with van der Waals surface area (Å²) in [6, 6.07) is 21.1. The highest BCUT2D eigenvalue weighted by Gasteiger charge is 2.26. The lowest BCUT2D eigenvalue weighted by molar-refractivity contribution is 0.356. The topological polar surface area (TPSA) is 140 Å². The first-order valence-electron chi connectivity index (χ1n) is 21.3. The van der Waals surface area contributed by atoms with Crippen molar-refractivity contribution in [1.82, 2.24) is 37.5 Å². The Labute approximate surface area is 362 Å². The van der Waals surface area contributed by atoms with Gasteiger partial charge >= 0.3 is 0 Å². The number of nitrogens with zero attached hydrogens (tertiary/aromatic N) is 8. The first-order valence-corrected chi connectivity index (χ1v) is 24.2. The molecule has 0 unspecified atom stereocenters. The Hall–Kier alpha value is -6.12. The van der Waals surface area contributed by atoms with Crippen LogP contribution in [-0.4, -0.2) is 54.3 Å². The lowest BCUT2D eigenvalue weighted by atomic mass is 9.85. The summed E-state index contributed by atoms with van der Waals surface area (Å²) in [5, 5.41) is 10.2. The van der Waals surface area contributed by atoms with Crippen LogP contribution in [0.2, 0.25) is 0 Å². The summed E-state index contributed by atoms with van der Waals surface area (Å²) in [6.07, 6.45) is 29.9. The number of allylic oxidation sites excluding steroid dienone is 1. The van der Waals surface area contributed by atoms with Gasteiger partial charge in [0.2, 0.25) is 0 Å². The van der Waals surface area contributed by atoms with Crippen LogP contribution in [0, 0.1) is 5.92 Å². The molecule has 14 heteroatoms. The van der Waals surface area contributed by atoms with Crippen LogP contribution in [0.1, 0.15) is 75.3 Å². The van der Waals surface area contributed by atoms with E-state index in [-0.39, 0.29) is 9.79 Å². The molecule has 8 aromatic rings. The molecule has 318 valence electrons. The Kier molecular flexibility index (Phi) is 11.5. The van der Waals surface area contributed by atoms with Gasteiger partial charge in [0.15, 0.2) is 11.3 Å². The van der Waals surface area contributed by atoms with E-state index in [1.807, 2.05) is 44.8 Å². The molecule has 12 nitrogen and oxygen atoms in total. The van der Waals surface area contributed by atoms with Gasteiger partial charge in [0.1, 0.15) is 0 Å². The standard InChI is InChI=1S/C24H26N4O2S.C24H24N4O2S/c2*1-27-16-20(15-26-27)23-17-28(31(29,30)21-10-6-3-7-11-21)24-22(23)13-19(14-25-24)12-18-8-4-2-5-9-18/h3,6-7,10-11,13-18H,2,4-5,8-9,12H2,1H3;3,6-7,10-17H,2,4-5,8-9H2,1H3. The van der Waals surface area contributed by atoms with E-state index >= 15 is 0 Å². The molecular formula is C48H50N8O4S2. The summed E-state index contributed by atoms with van der Waals surface area (Å²) >= 11 is 0. The van der Waals surface area contributed by atoms with Gasteiger partial charge < -0.3 is 0 Å². The Morgan fingerprint density at radius 2 is 1.10 bits per heavy atom. The molecule has 6 aromatic heterocycles. The fraction of sp³-hybridized carbons (Fsp3) is 0.292. The second-order valence-corrected chi connectivity index (χ2v) is 20.2. The minimum Gasteiger partial charge on any atom is -0.275 e. The summed E-state index contributed by atoms with van der Waals surface area (Å²) in [5.74, 6) is 0.685. The number of aryl methyl sites for hydroxylation is 2. The zero-order chi connectivity index (χ0) is 42.8. The number of aromatic nitrogens is 8. The molecule has 62 heavy (non-hydrogen) atoms. The van der Waals surface area contributed by atoms with E-state index < -0.39 is 20.0 Å². The van der Waals surface area contributed by atoms with Crippen molar-refractivity contribution in [1.29, 1.82) is 0 Å². The molecule has 0 amide bonds. The average molecular weight is 867 g/mol. The fourth-order valence-corrected chi connectivity index (χ4v) is 11.6. The van der Waals surface area contributed by atoms with Gasteiger partial charge in [0.05, 0.1) is 22.2 Å². The Balaban J connectivity index is 0.000000158. The van der Waals surface area contributed by atoms with E-state index in [1.165, 1.54) is 70.4 Å². The summed E-state index contributed by atoms with van der Waals surface area (Å²) in [5.41, 5.74) is 7.86. The molecule has 6 heterocycles. The van der Waals surface area contributed by atoms with E-state index in [2.05, 4.69) is 32.3 Å². The van der Waals surface area contributed by atoms with Gasteiger partial charge in [-0.1, -0.05) is 86.6 Å². The van der Waals surface area contributed by atoms with Crippen LogP contribution in [0.15, 0.2) is 138 Å². The smallest absolute Gasteiger partial charge is 0.269 e. The number of pyridine rings is 2. The molecule has 0 N–H and O–H groups in total. The lowest BCUT2D eigenvalue weighted by Crippen LogP contribution is -2.12. The summed E-state index contributed by atoms with van der Waals surface area (Å²) < 4.78 is 59.6. The largest absolute Gasteiger partial charge is 0.275 e. The Morgan fingerprint density at radius 1 is 0.597 bits per heavy atom. The predicted octanol–water partition coefficient (Wildman–Crippen LogP) is 9.82. The van der Waals surface area contributed by atoms with Crippen molar-refractivity contribution >= 4 is 48.2 Å². The third-order valence-corrected chi connectivity index (χ3v) is 15.4. The van der Waals surface area contributed by atoms with Gasteiger partial charge in [0, 0.05) is 84.3 Å². The summed E-state index contributed by atoms with van der Waals surface area (Å²) in [4.78, 5) is 9.74. The van der Waals surface area contributed by atoms with Crippen LogP contribution in [0.25, 0.3) is 50.4 Å². The Morgan fingerprint density at radius 3 is 1.61 bits per heavy atom. The van der Waals surface area contributed by atoms with Gasteiger partial charge in [-0.05, 0) is 85.5 Å². The van der Waals surface area contributed by atoms with E-state index in [4.69, 9.17) is 0 Å². The van der Waals surface area contributed by atoms with Crippen molar-refractivity contribution in [2.45, 2.75) is 80.4 Å². The normalized spacial score (nSPS) is 15.2. The quantitative estimate of drug-likeness (QED) is 0.140. The lowest BCUT2D eigenvalue weighted by Gasteiger charge is -2.21. The molecular weight excluding hydrogens is 817 g/mol. The van der Waals surface area contributed by atoms with Gasteiger partial charge in [-0.15, -0.1) is 0 Å². The zero-order valence-electron chi connectivity index (χ0n) is 35.0. The maximum absolute atomic E-state index is 13.4. The van der Waals surface area contributed by atoms with Crippen molar-refractivity contribution in [2.24, 2.45) is 20.0 Å². The van der Waals surface area contributed by atoms with Crippen molar-refractivity contribution in [3.8, 4) is 22.3 Å². The van der Waals surface area contributed by atoms with Crippen LogP contribution >= 0.6 is 0 Å². The second kappa shape index (κ2) is 17.3. The predicted molar refractivity (Wildman–Crippen MR) is 243 cm³/mol. The molecule has 0 atom stereocenters. The monoisotopic (exact) mass is 866 g/mol. The van der Waals surface area contributed by atoms with E-state index in [1.54, 1.807) is 94.9 Å². The summed E-state index contributed by atoms with van der Waals surface area (Å²) in [6.45, 7) is 0. The molecule has 0 radical (unpaired) electrons. The van der Waals surface area contributed by atoms with Crippen LogP contribution in [0.4, 0.5) is 0 Å². The van der Waals surface area contributed by atoms with E-state index in [0.29, 0.717) is 17.2 Å². The first-order chi connectivity index (χ1) is 30.0. The van der Waals surface area contributed by atoms with Crippen molar-refractivity contribution in [3.05, 3.63) is 139 Å². The van der Waals surface area contributed by atoms with Gasteiger partial charge in [-0.2, -0.15) is 10.2 Å². The molecule has 0 saturated heterocycles. The minimum atomic E-state index is -3.77. The fourth-order valence-electron chi connectivity index (χ4n) is 8.88. The molecule has 2 aromatic carbocycles. The highest BCUT2D eigenvalue weighted by molar-refractivity contribution is 7.90. The van der Waals surface area contributed by atoms with Crippen molar-refractivity contribution in [3.63, 3.8) is 0 Å². The molecule has 0 aliphatic heterocycles. The number of fused-ring (bicyclic) bond motifs is 2. The Bertz CT molecular complexity index is 3110. The number of rotatable bonds is 9. The summed E-state index contributed by atoms with van der Waals surface area (Å²) in [7, 11) is -3.83. The molecule has 0 spiro atoms. The first kappa shape index (κ1) is 41.2. The number of benzene rings is 2. The highest BCUT2D eigenvalue weighted by Crippen LogP contribution is 2.36. The number of hydrogen-bond donors (Lipinski definition) is 0. The van der Waals surface area contributed by atoms with Crippen LogP contribution in [-0.2, 0) is 40.6 Å². The molecule has 2 aliphatic carbocycles. The van der Waals surface area contributed by atoms with Crippen LogP contribution in [0.5, 0.6) is 0 Å². The van der Waals surface area contributed by atoms with Crippen LogP contribution in [0.3, 0.4) is 0 Å². The maximum Gasteiger partial charge on any atom is 0.269 e. The SMILES string of the molecule is Cn1cc(-c2cn(S(=O)(=O)c3ccccc3)c3ncc(C=C4CCCCC4)cc23)cn1.Cn1cc(-c2cn(S(=O)(=O)c3ccccc3)c3ncc(CC4CCCCC4)cc23)cn1. The van der Waals surface area contributed by atoms with Gasteiger partial charge in [0.25, 0.3) is 20.0 Å². The number of hydrogen-bond acceptors (Lipinski definition) is 8.